The van der Waals surface area contributed by atoms with E-state index in [4.69, 9.17) is 9.84 Å². The number of aromatic nitrogens is 2. The van der Waals surface area contributed by atoms with Crippen molar-refractivity contribution in [1.29, 1.82) is 0 Å². The van der Waals surface area contributed by atoms with Crippen molar-refractivity contribution in [1.82, 2.24) is 9.55 Å². The van der Waals surface area contributed by atoms with E-state index in [2.05, 4.69) is 4.98 Å². The fraction of sp³-hybridized carbons (Fsp3) is 0.385. The molecule has 0 spiro atoms. The van der Waals surface area contributed by atoms with Gasteiger partial charge in [0.1, 0.15) is 0 Å². The minimum Gasteiger partial charge on any atom is -0.478 e. The molecule has 0 atom stereocenters. The monoisotopic (exact) mass is 264 g/mol. The minimum absolute atomic E-state index is 0.109. The molecule has 0 radical (unpaired) electrons. The van der Waals surface area contributed by atoms with Crippen LogP contribution in [0, 0.1) is 0 Å². The molecule has 0 saturated heterocycles. The summed E-state index contributed by atoms with van der Waals surface area (Å²) in [4.78, 5) is 25.5. The lowest BCUT2D eigenvalue weighted by atomic mass is 10.2. The first-order chi connectivity index (χ1) is 9.15. The van der Waals surface area contributed by atoms with Crippen molar-refractivity contribution in [2.45, 2.75) is 19.9 Å². The Kier molecular flexibility index (Phi) is 4.01. The summed E-state index contributed by atoms with van der Waals surface area (Å²) in [5.74, 6) is -1.05. The molecular weight excluding hydrogens is 248 g/mol. The molecule has 6 nitrogen and oxygen atoms in total. The Labute approximate surface area is 109 Å². The predicted molar refractivity (Wildman–Crippen MR) is 70.6 cm³/mol. The summed E-state index contributed by atoms with van der Waals surface area (Å²) < 4.78 is 6.77. The Bertz CT molecular complexity index is 642. The molecule has 0 unspecified atom stereocenters. The first-order valence-electron chi connectivity index (χ1n) is 6.17. The quantitative estimate of drug-likeness (QED) is 0.773. The number of aryl methyl sites for hydroxylation is 1. The number of hydrogen-bond acceptors (Lipinski definition) is 3. The lowest BCUT2D eigenvalue weighted by Crippen LogP contribution is -2.17. The molecular formula is C13H16N2O4. The highest BCUT2D eigenvalue weighted by atomic mass is 16.5. The average molecular weight is 264 g/mol. The van der Waals surface area contributed by atoms with Crippen molar-refractivity contribution in [3.63, 3.8) is 0 Å². The molecule has 0 saturated carbocycles. The fourth-order valence-electron chi connectivity index (χ4n) is 2.05. The molecule has 0 bridgehead atoms. The lowest BCUT2D eigenvalue weighted by molar-refractivity contribution is 0.0699. The van der Waals surface area contributed by atoms with Gasteiger partial charge in [-0.05, 0) is 25.5 Å². The standard InChI is InChI=1S/C13H16N2O4/c1-2-19-8-4-7-15-10-6-3-5-9(12(16)17)11(10)14-13(15)18/h3,5-6H,2,4,7-8H2,1H3,(H,14,18)(H,16,17). The fourth-order valence-corrected chi connectivity index (χ4v) is 2.05. The van der Waals surface area contributed by atoms with Crippen LogP contribution in [0.4, 0.5) is 0 Å². The van der Waals surface area contributed by atoms with Crippen molar-refractivity contribution in [2.24, 2.45) is 0 Å². The minimum atomic E-state index is -1.05. The van der Waals surface area contributed by atoms with Gasteiger partial charge in [0, 0.05) is 19.8 Å². The van der Waals surface area contributed by atoms with Crippen LogP contribution in [0.2, 0.25) is 0 Å². The van der Waals surface area contributed by atoms with Gasteiger partial charge in [-0.2, -0.15) is 0 Å². The van der Waals surface area contributed by atoms with Gasteiger partial charge in [-0.1, -0.05) is 6.07 Å². The number of hydrogen-bond donors (Lipinski definition) is 2. The maximum atomic E-state index is 11.9. The second kappa shape index (κ2) is 5.71. The van der Waals surface area contributed by atoms with E-state index in [1.165, 1.54) is 6.07 Å². The zero-order valence-corrected chi connectivity index (χ0v) is 10.7. The third-order valence-corrected chi connectivity index (χ3v) is 2.92. The molecule has 6 heteroatoms. The van der Waals surface area contributed by atoms with Gasteiger partial charge in [0.25, 0.3) is 0 Å². The predicted octanol–water partition coefficient (Wildman–Crippen LogP) is 1.45. The highest BCUT2D eigenvalue weighted by molar-refractivity contribution is 6.00. The molecule has 0 aliphatic rings. The first-order valence-corrected chi connectivity index (χ1v) is 6.17. The zero-order valence-electron chi connectivity index (χ0n) is 10.7. The van der Waals surface area contributed by atoms with Crippen LogP contribution in [0.15, 0.2) is 23.0 Å². The van der Waals surface area contributed by atoms with E-state index in [-0.39, 0.29) is 11.3 Å². The van der Waals surface area contributed by atoms with Gasteiger partial charge in [0.05, 0.1) is 16.6 Å². The van der Waals surface area contributed by atoms with Crippen molar-refractivity contribution < 1.29 is 14.6 Å². The topological polar surface area (TPSA) is 84.3 Å². The lowest BCUT2D eigenvalue weighted by Gasteiger charge is -2.04. The van der Waals surface area contributed by atoms with Crippen LogP contribution in [0.25, 0.3) is 11.0 Å². The summed E-state index contributed by atoms with van der Waals surface area (Å²) in [7, 11) is 0. The molecule has 0 aliphatic carbocycles. The summed E-state index contributed by atoms with van der Waals surface area (Å²) in [5.41, 5.74) is 0.802. The van der Waals surface area contributed by atoms with E-state index < -0.39 is 5.97 Å². The second-order valence-corrected chi connectivity index (χ2v) is 4.14. The number of para-hydroxylation sites is 1. The van der Waals surface area contributed by atoms with Crippen molar-refractivity contribution in [2.75, 3.05) is 13.2 Å². The Hall–Kier alpha value is -2.08. The number of carboxylic acid groups (broad SMARTS) is 1. The number of rotatable bonds is 6. The van der Waals surface area contributed by atoms with Gasteiger partial charge in [-0.15, -0.1) is 0 Å². The highest BCUT2D eigenvalue weighted by Gasteiger charge is 2.13. The van der Waals surface area contributed by atoms with E-state index in [1.54, 1.807) is 16.7 Å². The normalized spacial score (nSPS) is 11.0. The Morgan fingerprint density at radius 3 is 2.95 bits per heavy atom. The largest absolute Gasteiger partial charge is 0.478 e. The van der Waals surface area contributed by atoms with Gasteiger partial charge in [-0.25, -0.2) is 9.59 Å². The van der Waals surface area contributed by atoms with Crippen molar-refractivity contribution in [3.05, 3.63) is 34.2 Å². The van der Waals surface area contributed by atoms with Gasteiger partial charge in [0.15, 0.2) is 0 Å². The van der Waals surface area contributed by atoms with Crippen LogP contribution in [-0.2, 0) is 11.3 Å². The first kappa shape index (κ1) is 13.4. The molecule has 0 fully saturated rings. The number of nitrogens with zero attached hydrogens (tertiary/aromatic N) is 1. The molecule has 1 aromatic carbocycles. The number of nitrogens with one attached hydrogen (secondary N) is 1. The number of aromatic amines is 1. The van der Waals surface area contributed by atoms with Crippen LogP contribution in [0.1, 0.15) is 23.7 Å². The van der Waals surface area contributed by atoms with E-state index >= 15 is 0 Å². The molecule has 102 valence electrons. The molecule has 0 aliphatic heterocycles. The summed E-state index contributed by atoms with van der Waals surface area (Å²) in [5, 5.41) is 9.08. The molecule has 1 heterocycles. The van der Waals surface area contributed by atoms with Crippen molar-refractivity contribution >= 4 is 17.0 Å². The van der Waals surface area contributed by atoms with E-state index in [0.29, 0.717) is 37.2 Å². The summed E-state index contributed by atoms with van der Waals surface area (Å²) in [6.45, 7) is 3.64. The maximum absolute atomic E-state index is 11.9. The third kappa shape index (κ3) is 2.68. The molecule has 2 rings (SSSR count). The number of carbonyl (C=O) groups is 1. The van der Waals surface area contributed by atoms with Gasteiger partial charge in [-0.3, -0.25) is 4.57 Å². The summed E-state index contributed by atoms with van der Waals surface area (Å²) >= 11 is 0. The van der Waals surface area contributed by atoms with Gasteiger partial charge < -0.3 is 14.8 Å². The summed E-state index contributed by atoms with van der Waals surface area (Å²) in [6, 6.07) is 4.85. The smallest absolute Gasteiger partial charge is 0.337 e. The number of aromatic carboxylic acids is 1. The molecule has 2 N–H and O–H groups in total. The Morgan fingerprint density at radius 2 is 2.26 bits per heavy atom. The SMILES string of the molecule is CCOCCCn1c(=O)[nH]c2c(C(=O)O)cccc21. The molecule has 1 aromatic heterocycles. The Morgan fingerprint density at radius 1 is 1.47 bits per heavy atom. The number of carboxylic acids is 1. The second-order valence-electron chi connectivity index (χ2n) is 4.14. The molecule has 0 amide bonds. The van der Waals surface area contributed by atoms with Crippen LogP contribution in [0.5, 0.6) is 0 Å². The number of imidazole rings is 1. The molecule has 19 heavy (non-hydrogen) atoms. The van der Waals surface area contributed by atoms with Crippen LogP contribution >= 0.6 is 0 Å². The number of H-pyrrole nitrogens is 1. The number of benzene rings is 1. The van der Waals surface area contributed by atoms with E-state index in [0.717, 1.165) is 0 Å². The van der Waals surface area contributed by atoms with Crippen LogP contribution < -0.4 is 5.69 Å². The van der Waals surface area contributed by atoms with Crippen molar-refractivity contribution in [3.8, 4) is 0 Å². The third-order valence-electron chi connectivity index (χ3n) is 2.92. The zero-order chi connectivity index (χ0) is 13.8. The van der Waals surface area contributed by atoms with Crippen LogP contribution in [0.3, 0.4) is 0 Å². The van der Waals surface area contributed by atoms with E-state index in [9.17, 15) is 9.59 Å². The van der Waals surface area contributed by atoms with E-state index in [1.807, 2.05) is 6.92 Å². The molecule has 2 aromatic rings. The number of ether oxygens (including phenoxy) is 1. The van der Waals surface area contributed by atoms with Gasteiger partial charge >= 0.3 is 11.7 Å². The van der Waals surface area contributed by atoms with Crippen LogP contribution in [-0.4, -0.2) is 33.8 Å². The highest BCUT2D eigenvalue weighted by Crippen LogP contribution is 2.15. The average Bonchev–Trinajstić information content (AvgIpc) is 2.70. The Balaban J connectivity index is 2.34. The van der Waals surface area contributed by atoms with Gasteiger partial charge in [0.2, 0.25) is 0 Å². The number of fused-ring (bicyclic) bond motifs is 1. The maximum Gasteiger partial charge on any atom is 0.337 e. The summed E-state index contributed by atoms with van der Waals surface area (Å²) in [6.07, 6.45) is 0.706.